The van der Waals surface area contributed by atoms with Gasteiger partial charge in [0.15, 0.2) is 0 Å². The summed E-state index contributed by atoms with van der Waals surface area (Å²) < 4.78 is 5.40. The highest BCUT2D eigenvalue weighted by molar-refractivity contribution is 6.32. The number of pyridine rings is 1. The van der Waals surface area contributed by atoms with Gasteiger partial charge in [-0.25, -0.2) is 4.98 Å². The van der Waals surface area contributed by atoms with Crippen LogP contribution in [0.1, 0.15) is 24.1 Å². The van der Waals surface area contributed by atoms with Crippen molar-refractivity contribution in [2.24, 2.45) is 0 Å². The Labute approximate surface area is 143 Å². The molecule has 1 aromatic carbocycles. The van der Waals surface area contributed by atoms with Gasteiger partial charge in [0, 0.05) is 5.02 Å². The zero-order valence-electron chi connectivity index (χ0n) is 11.5. The Morgan fingerprint density at radius 3 is 2.64 bits per heavy atom. The second-order valence-corrected chi connectivity index (χ2v) is 6.46. The maximum atomic E-state index is 12.4. The SMILES string of the molecule is O=C(OCc1nc(Cl)ccc1Cl)C1(c2cccc(Cl)c2)CC1. The molecule has 0 saturated heterocycles. The van der Waals surface area contributed by atoms with E-state index in [-0.39, 0.29) is 12.6 Å². The average Bonchev–Trinajstić information content (AvgIpc) is 3.30. The third-order valence-corrected chi connectivity index (χ3v) is 4.53. The molecule has 0 spiro atoms. The summed E-state index contributed by atoms with van der Waals surface area (Å²) in [7, 11) is 0. The first-order valence-electron chi connectivity index (χ1n) is 6.75. The van der Waals surface area contributed by atoms with Gasteiger partial charge in [-0.2, -0.15) is 0 Å². The molecule has 1 aromatic heterocycles. The molecule has 3 nitrogen and oxygen atoms in total. The molecule has 0 bridgehead atoms. The first-order chi connectivity index (χ1) is 10.5. The molecule has 1 aliphatic rings. The molecule has 1 saturated carbocycles. The number of hydrogen-bond acceptors (Lipinski definition) is 3. The van der Waals surface area contributed by atoms with Crippen molar-refractivity contribution in [3.8, 4) is 0 Å². The normalized spacial score (nSPS) is 15.4. The van der Waals surface area contributed by atoms with Gasteiger partial charge >= 0.3 is 5.97 Å². The molecule has 0 unspecified atom stereocenters. The molecule has 6 heteroatoms. The van der Waals surface area contributed by atoms with Crippen LogP contribution in [0.5, 0.6) is 0 Å². The lowest BCUT2D eigenvalue weighted by molar-refractivity contribution is -0.148. The predicted molar refractivity (Wildman–Crippen MR) is 86.4 cm³/mol. The number of benzene rings is 1. The van der Waals surface area contributed by atoms with Crippen molar-refractivity contribution >= 4 is 40.8 Å². The molecule has 1 heterocycles. The van der Waals surface area contributed by atoms with Crippen molar-refractivity contribution in [3.63, 3.8) is 0 Å². The maximum Gasteiger partial charge on any atom is 0.316 e. The molecule has 22 heavy (non-hydrogen) atoms. The fourth-order valence-electron chi connectivity index (χ4n) is 2.35. The largest absolute Gasteiger partial charge is 0.458 e. The monoisotopic (exact) mass is 355 g/mol. The van der Waals surface area contributed by atoms with E-state index in [2.05, 4.69) is 4.98 Å². The van der Waals surface area contributed by atoms with Gasteiger partial charge in [-0.15, -0.1) is 0 Å². The van der Waals surface area contributed by atoms with E-state index < -0.39 is 5.41 Å². The molecule has 1 aliphatic carbocycles. The number of rotatable bonds is 4. The van der Waals surface area contributed by atoms with Gasteiger partial charge in [-0.1, -0.05) is 46.9 Å². The van der Waals surface area contributed by atoms with Gasteiger partial charge in [0.05, 0.1) is 16.1 Å². The number of ether oxygens (including phenoxy) is 1. The highest BCUT2D eigenvalue weighted by Crippen LogP contribution is 2.49. The predicted octanol–water partition coefficient (Wildman–Crippen LogP) is 4.82. The van der Waals surface area contributed by atoms with Crippen LogP contribution in [0.2, 0.25) is 15.2 Å². The second-order valence-electron chi connectivity index (χ2n) is 5.23. The van der Waals surface area contributed by atoms with Crippen LogP contribution >= 0.6 is 34.8 Å². The minimum atomic E-state index is -0.587. The van der Waals surface area contributed by atoms with Gasteiger partial charge in [0.2, 0.25) is 0 Å². The molecular formula is C16H12Cl3NO2. The standard InChI is InChI=1S/C16H12Cl3NO2/c17-11-3-1-2-10(8-11)16(6-7-16)15(21)22-9-13-12(18)4-5-14(19)20-13/h1-5,8H,6-7,9H2. The molecule has 0 N–H and O–H groups in total. The van der Waals surface area contributed by atoms with Crippen LogP contribution in [-0.4, -0.2) is 11.0 Å². The van der Waals surface area contributed by atoms with Gasteiger partial charge in [0.25, 0.3) is 0 Å². The molecule has 114 valence electrons. The number of halogens is 3. The number of carbonyl (C=O) groups is 1. The van der Waals surface area contributed by atoms with Crippen molar-refractivity contribution in [3.05, 3.63) is 62.9 Å². The molecule has 2 aromatic rings. The van der Waals surface area contributed by atoms with E-state index in [0.29, 0.717) is 20.9 Å². The first kappa shape index (κ1) is 15.6. The molecule has 1 fully saturated rings. The number of nitrogens with zero attached hydrogens (tertiary/aromatic N) is 1. The second kappa shape index (κ2) is 6.07. The third kappa shape index (κ3) is 3.07. The van der Waals surface area contributed by atoms with Crippen molar-refractivity contribution in [1.29, 1.82) is 0 Å². The Balaban J connectivity index is 1.73. The Morgan fingerprint density at radius 2 is 1.95 bits per heavy atom. The summed E-state index contributed by atoms with van der Waals surface area (Å²) >= 11 is 17.8. The number of aromatic nitrogens is 1. The number of hydrogen-bond donors (Lipinski definition) is 0. The minimum Gasteiger partial charge on any atom is -0.458 e. The summed E-state index contributed by atoms with van der Waals surface area (Å²) in [6.07, 6.45) is 1.51. The number of carbonyl (C=O) groups excluding carboxylic acids is 1. The van der Waals surface area contributed by atoms with Crippen LogP contribution < -0.4 is 0 Å². The van der Waals surface area contributed by atoms with Gasteiger partial charge in [-0.3, -0.25) is 4.79 Å². The summed E-state index contributed by atoms with van der Waals surface area (Å²) in [5.74, 6) is -0.285. The fourth-order valence-corrected chi connectivity index (χ4v) is 2.87. The van der Waals surface area contributed by atoms with E-state index in [9.17, 15) is 4.79 Å². The molecular weight excluding hydrogens is 345 g/mol. The fraction of sp³-hybridized carbons (Fsp3) is 0.250. The van der Waals surface area contributed by atoms with Crippen molar-refractivity contribution in [2.75, 3.05) is 0 Å². The van der Waals surface area contributed by atoms with E-state index in [4.69, 9.17) is 39.5 Å². The van der Waals surface area contributed by atoms with Crippen molar-refractivity contribution in [2.45, 2.75) is 24.9 Å². The lowest BCUT2D eigenvalue weighted by atomic mass is 9.96. The van der Waals surface area contributed by atoms with Gasteiger partial charge in [-0.05, 0) is 42.7 Å². The summed E-state index contributed by atoms with van der Waals surface area (Å²) in [5.41, 5.74) is 0.746. The molecule has 0 aliphatic heterocycles. The third-order valence-electron chi connectivity index (χ3n) is 3.74. The van der Waals surface area contributed by atoms with Crippen molar-refractivity contribution < 1.29 is 9.53 Å². The van der Waals surface area contributed by atoms with Crippen molar-refractivity contribution in [1.82, 2.24) is 4.98 Å². The van der Waals surface area contributed by atoms with Crippen LogP contribution in [0.4, 0.5) is 0 Å². The maximum absolute atomic E-state index is 12.4. The van der Waals surface area contributed by atoms with E-state index in [1.54, 1.807) is 24.3 Å². The summed E-state index contributed by atoms with van der Waals surface area (Å²) in [6.45, 7) is 0.000538. The highest BCUT2D eigenvalue weighted by atomic mass is 35.5. The van der Waals surface area contributed by atoms with E-state index in [1.165, 1.54) is 0 Å². The zero-order chi connectivity index (χ0) is 15.7. The van der Waals surface area contributed by atoms with Gasteiger partial charge < -0.3 is 4.74 Å². The van der Waals surface area contributed by atoms with Crippen LogP contribution in [-0.2, 0) is 21.6 Å². The Kier molecular flexibility index (Phi) is 4.31. The lowest BCUT2D eigenvalue weighted by Crippen LogP contribution is -2.23. The smallest absolute Gasteiger partial charge is 0.316 e. The molecule has 0 amide bonds. The summed E-state index contributed by atoms with van der Waals surface area (Å²) in [4.78, 5) is 16.5. The Hall–Kier alpha value is -1.29. The van der Waals surface area contributed by atoms with E-state index >= 15 is 0 Å². The van der Waals surface area contributed by atoms with Crippen LogP contribution in [0, 0.1) is 0 Å². The number of esters is 1. The molecule has 3 rings (SSSR count). The zero-order valence-corrected chi connectivity index (χ0v) is 13.8. The molecule has 0 radical (unpaired) electrons. The molecule has 0 atom stereocenters. The topological polar surface area (TPSA) is 39.2 Å². The quantitative estimate of drug-likeness (QED) is 0.582. The Morgan fingerprint density at radius 1 is 1.18 bits per heavy atom. The summed E-state index contributed by atoms with van der Waals surface area (Å²) in [6, 6.07) is 10.5. The van der Waals surface area contributed by atoms with E-state index in [1.807, 2.05) is 12.1 Å². The Bertz CT molecular complexity index is 729. The summed E-state index contributed by atoms with van der Waals surface area (Å²) in [5, 5.41) is 1.34. The van der Waals surface area contributed by atoms with Crippen LogP contribution in [0.25, 0.3) is 0 Å². The lowest BCUT2D eigenvalue weighted by Gasteiger charge is -2.15. The average molecular weight is 357 g/mol. The minimum absolute atomic E-state index is 0.000538. The highest BCUT2D eigenvalue weighted by Gasteiger charge is 2.52. The van der Waals surface area contributed by atoms with Crippen LogP contribution in [0.3, 0.4) is 0 Å². The first-order valence-corrected chi connectivity index (χ1v) is 7.89. The van der Waals surface area contributed by atoms with Crippen LogP contribution in [0.15, 0.2) is 36.4 Å². The van der Waals surface area contributed by atoms with Gasteiger partial charge in [0.1, 0.15) is 11.8 Å². The van der Waals surface area contributed by atoms with E-state index in [0.717, 1.165) is 18.4 Å².